The molecule has 1 fully saturated rings. The Hall–Kier alpha value is -0.880. The number of benzene rings is 1. The van der Waals surface area contributed by atoms with Gasteiger partial charge in [-0.25, -0.2) is 4.98 Å². The van der Waals surface area contributed by atoms with Gasteiger partial charge in [0.1, 0.15) is 0 Å². The molecule has 0 spiro atoms. The van der Waals surface area contributed by atoms with Crippen molar-refractivity contribution in [3.63, 3.8) is 0 Å². The number of nitrogens with one attached hydrogen (secondary N) is 1. The molecular formula is C16H23Cl2N3OS. The monoisotopic (exact) mass is 375 g/mol. The number of amides is 1. The van der Waals surface area contributed by atoms with Gasteiger partial charge in [0.15, 0.2) is 0 Å². The van der Waals surface area contributed by atoms with Crippen molar-refractivity contribution in [3.05, 3.63) is 29.3 Å². The fourth-order valence-corrected chi connectivity index (χ4v) is 3.87. The van der Waals surface area contributed by atoms with Gasteiger partial charge in [-0.05, 0) is 37.0 Å². The van der Waals surface area contributed by atoms with Gasteiger partial charge in [0.2, 0.25) is 0 Å². The topological polar surface area (TPSA) is 68.0 Å². The van der Waals surface area contributed by atoms with E-state index in [1.54, 1.807) is 16.8 Å². The summed E-state index contributed by atoms with van der Waals surface area (Å²) in [6, 6.07) is 5.75. The highest BCUT2D eigenvalue weighted by atomic mass is 35.5. The van der Waals surface area contributed by atoms with E-state index in [0.29, 0.717) is 18.0 Å². The average molecular weight is 376 g/mol. The highest BCUT2D eigenvalue weighted by molar-refractivity contribution is 7.16. The second kappa shape index (κ2) is 9.42. The summed E-state index contributed by atoms with van der Waals surface area (Å²) in [7, 11) is 0. The number of halogens is 2. The number of aromatic nitrogens is 1. The van der Waals surface area contributed by atoms with E-state index in [1.165, 1.54) is 32.1 Å². The summed E-state index contributed by atoms with van der Waals surface area (Å²) in [6.45, 7) is 0.513. The van der Waals surface area contributed by atoms with Crippen LogP contribution >= 0.6 is 36.2 Å². The van der Waals surface area contributed by atoms with Gasteiger partial charge in [0.25, 0.3) is 5.91 Å². The number of hydrogen-bond acceptors (Lipinski definition) is 4. The minimum atomic E-state index is -0.0219. The third-order valence-electron chi connectivity index (χ3n) is 4.38. The normalized spacial score (nSPS) is 16.2. The standard InChI is InChI=1S/C16H21N3OS.2ClH/c17-9-14(11-4-2-1-3-5-11)19-16(20)12-6-7-13-15(8-12)21-10-18-13;;/h6-8,10-11,14H,1-5,9,17H2,(H,19,20);2*1H. The van der Waals surface area contributed by atoms with E-state index in [1.807, 2.05) is 18.2 Å². The molecule has 0 saturated heterocycles. The first-order chi connectivity index (χ1) is 10.3. The summed E-state index contributed by atoms with van der Waals surface area (Å²) in [5, 5.41) is 3.13. The van der Waals surface area contributed by atoms with Gasteiger partial charge in [-0.3, -0.25) is 4.79 Å². The van der Waals surface area contributed by atoms with Crippen LogP contribution in [-0.2, 0) is 0 Å². The van der Waals surface area contributed by atoms with Crippen molar-refractivity contribution in [2.24, 2.45) is 11.7 Å². The van der Waals surface area contributed by atoms with Crippen molar-refractivity contribution >= 4 is 52.3 Å². The fraction of sp³-hybridized carbons (Fsp3) is 0.500. The van der Waals surface area contributed by atoms with Crippen LogP contribution in [0.15, 0.2) is 23.7 Å². The number of nitrogens with zero attached hydrogens (tertiary/aromatic N) is 1. The molecule has 1 atom stereocenters. The molecule has 0 aliphatic heterocycles. The average Bonchev–Trinajstić information content (AvgIpc) is 3.00. The summed E-state index contributed by atoms with van der Waals surface area (Å²) in [6.07, 6.45) is 6.17. The molecule has 1 aromatic carbocycles. The van der Waals surface area contributed by atoms with E-state index in [2.05, 4.69) is 10.3 Å². The second-order valence-electron chi connectivity index (χ2n) is 5.75. The van der Waals surface area contributed by atoms with Crippen LogP contribution in [0.3, 0.4) is 0 Å². The molecule has 1 heterocycles. The van der Waals surface area contributed by atoms with Crippen LogP contribution in [0.1, 0.15) is 42.5 Å². The number of carbonyl (C=O) groups is 1. The zero-order valence-corrected chi connectivity index (χ0v) is 15.3. The molecular weight excluding hydrogens is 353 g/mol. The zero-order valence-electron chi connectivity index (χ0n) is 12.9. The summed E-state index contributed by atoms with van der Waals surface area (Å²) < 4.78 is 1.05. The molecule has 1 aromatic heterocycles. The molecule has 2 aromatic rings. The van der Waals surface area contributed by atoms with Crippen molar-refractivity contribution in [2.45, 2.75) is 38.1 Å². The van der Waals surface area contributed by atoms with Crippen LogP contribution in [-0.4, -0.2) is 23.5 Å². The highest BCUT2D eigenvalue weighted by Crippen LogP contribution is 2.26. The first-order valence-electron chi connectivity index (χ1n) is 7.62. The lowest BCUT2D eigenvalue weighted by Crippen LogP contribution is -2.45. The van der Waals surface area contributed by atoms with E-state index in [-0.39, 0.29) is 36.8 Å². The van der Waals surface area contributed by atoms with E-state index in [0.717, 1.165) is 10.2 Å². The van der Waals surface area contributed by atoms with Gasteiger partial charge < -0.3 is 11.1 Å². The Bertz CT molecular complexity index is 629. The molecule has 0 bridgehead atoms. The van der Waals surface area contributed by atoms with Crippen LogP contribution in [0.2, 0.25) is 0 Å². The van der Waals surface area contributed by atoms with Crippen molar-refractivity contribution in [3.8, 4) is 0 Å². The highest BCUT2D eigenvalue weighted by Gasteiger charge is 2.24. The molecule has 23 heavy (non-hydrogen) atoms. The third kappa shape index (κ3) is 4.80. The van der Waals surface area contributed by atoms with E-state index in [4.69, 9.17) is 5.73 Å². The molecule has 7 heteroatoms. The van der Waals surface area contributed by atoms with Crippen LogP contribution in [0.5, 0.6) is 0 Å². The van der Waals surface area contributed by atoms with Gasteiger partial charge in [0.05, 0.1) is 15.7 Å². The maximum Gasteiger partial charge on any atom is 0.251 e. The third-order valence-corrected chi connectivity index (χ3v) is 5.17. The summed E-state index contributed by atoms with van der Waals surface area (Å²) in [4.78, 5) is 16.7. The fourth-order valence-electron chi connectivity index (χ4n) is 3.15. The van der Waals surface area contributed by atoms with Crippen molar-refractivity contribution in [1.82, 2.24) is 10.3 Å². The largest absolute Gasteiger partial charge is 0.348 e. The van der Waals surface area contributed by atoms with Crippen LogP contribution in [0.25, 0.3) is 10.2 Å². The van der Waals surface area contributed by atoms with Crippen molar-refractivity contribution in [2.75, 3.05) is 6.54 Å². The number of thiazole rings is 1. The van der Waals surface area contributed by atoms with E-state index in [9.17, 15) is 4.79 Å². The maximum atomic E-state index is 12.4. The molecule has 128 valence electrons. The number of carbonyl (C=O) groups excluding carboxylic acids is 1. The number of rotatable bonds is 4. The molecule has 4 nitrogen and oxygen atoms in total. The Morgan fingerprint density at radius 2 is 2.04 bits per heavy atom. The minimum Gasteiger partial charge on any atom is -0.348 e. The Morgan fingerprint density at radius 1 is 1.30 bits per heavy atom. The molecule has 3 rings (SSSR count). The first kappa shape index (κ1) is 20.2. The molecule has 1 aliphatic carbocycles. The second-order valence-corrected chi connectivity index (χ2v) is 6.63. The predicted octanol–water partition coefficient (Wildman–Crippen LogP) is 3.78. The lowest BCUT2D eigenvalue weighted by molar-refractivity contribution is 0.0915. The lowest BCUT2D eigenvalue weighted by Gasteiger charge is -2.30. The molecule has 3 N–H and O–H groups in total. The molecule has 1 saturated carbocycles. The number of nitrogens with two attached hydrogens (primary N) is 1. The Kier molecular flexibility index (Phi) is 8.26. The smallest absolute Gasteiger partial charge is 0.251 e. The SMILES string of the molecule is Cl.Cl.NCC(NC(=O)c1ccc2ncsc2c1)C1CCCCC1. The minimum absolute atomic E-state index is 0. The molecule has 0 radical (unpaired) electrons. The van der Waals surface area contributed by atoms with Crippen molar-refractivity contribution < 1.29 is 4.79 Å². The Morgan fingerprint density at radius 3 is 2.74 bits per heavy atom. The first-order valence-corrected chi connectivity index (χ1v) is 8.50. The van der Waals surface area contributed by atoms with Crippen LogP contribution in [0, 0.1) is 5.92 Å². The maximum absolute atomic E-state index is 12.4. The van der Waals surface area contributed by atoms with Crippen LogP contribution in [0.4, 0.5) is 0 Å². The van der Waals surface area contributed by atoms with Gasteiger partial charge >= 0.3 is 0 Å². The molecule has 1 unspecified atom stereocenters. The number of fused-ring (bicyclic) bond motifs is 1. The summed E-state index contributed by atoms with van der Waals surface area (Å²) in [5.74, 6) is 0.506. The molecule has 1 amide bonds. The van der Waals surface area contributed by atoms with Crippen LogP contribution < -0.4 is 11.1 Å². The summed E-state index contributed by atoms with van der Waals surface area (Å²) in [5.41, 5.74) is 9.32. The summed E-state index contributed by atoms with van der Waals surface area (Å²) >= 11 is 1.56. The zero-order chi connectivity index (χ0) is 14.7. The van der Waals surface area contributed by atoms with Gasteiger partial charge in [0, 0.05) is 18.2 Å². The quantitative estimate of drug-likeness (QED) is 0.853. The lowest BCUT2D eigenvalue weighted by atomic mass is 9.84. The van der Waals surface area contributed by atoms with Gasteiger partial charge in [-0.1, -0.05) is 19.3 Å². The van der Waals surface area contributed by atoms with Crippen molar-refractivity contribution in [1.29, 1.82) is 0 Å². The number of hydrogen-bond donors (Lipinski definition) is 2. The predicted molar refractivity (Wildman–Crippen MR) is 101 cm³/mol. The van der Waals surface area contributed by atoms with Gasteiger partial charge in [-0.15, -0.1) is 36.2 Å². The van der Waals surface area contributed by atoms with E-state index < -0.39 is 0 Å². The van der Waals surface area contributed by atoms with E-state index >= 15 is 0 Å². The molecule has 1 aliphatic rings. The Labute approximate surface area is 153 Å². The van der Waals surface area contributed by atoms with Gasteiger partial charge in [-0.2, -0.15) is 0 Å². The Balaban J connectivity index is 0.00000132.